The molecule has 7 heteroatoms. The molecule has 0 radical (unpaired) electrons. The molecule has 2 N–H and O–H groups in total. The van der Waals surface area contributed by atoms with Gasteiger partial charge in [-0.05, 0) is 29.7 Å². The summed E-state index contributed by atoms with van der Waals surface area (Å²) in [5.74, 6) is 1.30. The molecule has 0 fully saturated rings. The summed E-state index contributed by atoms with van der Waals surface area (Å²) in [7, 11) is 2.97. The van der Waals surface area contributed by atoms with Crippen molar-refractivity contribution in [1.82, 2.24) is 9.55 Å². The van der Waals surface area contributed by atoms with Crippen molar-refractivity contribution in [3.63, 3.8) is 0 Å². The minimum absolute atomic E-state index is 0.145. The van der Waals surface area contributed by atoms with Crippen LogP contribution >= 0.6 is 0 Å². The molecule has 0 spiro atoms. The average Bonchev–Trinajstić information content (AvgIpc) is 3.08. The number of carbonyl (C=O) groups excluding carboxylic acids is 1. The van der Waals surface area contributed by atoms with E-state index in [-0.39, 0.29) is 11.8 Å². The number of hydrogen-bond acceptors (Lipinski definition) is 6. The number of aromatic nitrogens is 2. The minimum Gasteiger partial charge on any atom is -0.494 e. The van der Waals surface area contributed by atoms with Crippen molar-refractivity contribution >= 4 is 11.8 Å². The van der Waals surface area contributed by atoms with Gasteiger partial charge in [0.1, 0.15) is 11.6 Å². The van der Waals surface area contributed by atoms with Crippen LogP contribution in [0.3, 0.4) is 0 Å². The topological polar surface area (TPSA) is 85.6 Å². The van der Waals surface area contributed by atoms with E-state index in [9.17, 15) is 9.90 Å². The molecular weight excluding hydrogens is 370 g/mol. The van der Waals surface area contributed by atoms with Gasteiger partial charge in [0.2, 0.25) is 5.88 Å². The van der Waals surface area contributed by atoms with Crippen LogP contribution in [-0.4, -0.2) is 41.4 Å². The van der Waals surface area contributed by atoms with Gasteiger partial charge in [0.05, 0.1) is 19.8 Å². The zero-order valence-corrected chi connectivity index (χ0v) is 16.6. The van der Waals surface area contributed by atoms with Gasteiger partial charge in [0.15, 0.2) is 0 Å². The van der Waals surface area contributed by atoms with E-state index in [4.69, 9.17) is 4.74 Å². The van der Waals surface area contributed by atoms with Crippen LogP contribution in [0.25, 0.3) is 11.1 Å². The van der Waals surface area contributed by atoms with Gasteiger partial charge >= 0.3 is 5.97 Å². The third-order valence-corrected chi connectivity index (χ3v) is 4.65. The fraction of sp³-hybridized carbons (Fsp3) is 0.273. The molecule has 0 atom stereocenters. The lowest BCUT2D eigenvalue weighted by atomic mass is 10.0. The van der Waals surface area contributed by atoms with Crippen LogP contribution in [0.1, 0.15) is 12.0 Å². The van der Waals surface area contributed by atoms with Gasteiger partial charge in [-0.1, -0.05) is 30.3 Å². The Hall–Kier alpha value is -3.48. The van der Waals surface area contributed by atoms with E-state index >= 15 is 0 Å². The maximum absolute atomic E-state index is 11.3. The minimum atomic E-state index is -0.232. The number of esters is 1. The molecule has 2 aromatic heterocycles. The zero-order valence-electron chi connectivity index (χ0n) is 16.6. The van der Waals surface area contributed by atoms with Gasteiger partial charge in [0.25, 0.3) is 0 Å². The number of carbonyl (C=O) groups is 1. The van der Waals surface area contributed by atoms with Crippen LogP contribution in [0.4, 0.5) is 5.82 Å². The van der Waals surface area contributed by atoms with Gasteiger partial charge in [-0.2, -0.15) is 0 Å². The molecule has 0 saturated carbocycles. The Morgan fingerprint density at radius 2 is 1.97 bits per heavy atom. The lowest BCUT2D eigenvalue weighted by Crippen LogP contribution is -2.10. The first kappa shape index (κ1) is 20.3. The second-order valence-electron chi connectivity index (χ2n) is 6.50. The van der Waals surface area contributed by atoms with Gasteiger partial charge in [-0.15, -0.1) is 0 Å². The third kappa shape index (κ3) is 5.07. The van der Waals surface area contributed by atoms with Gasteiger partial charge < -0.3 is 24.5 Å². The van der Waals surface area contributed by atoms with E-state index in [1.165, 1.54) is 7.11 Å². The summed E-state index contributed by atoms with van der Waals surface area (Å²) in [4.78, 5) is 15.5. The highest BCUT2D eigenvalue weighted by molar-refractivity contribution is 5.76. The molecule has 1 aromatic carbocycles. The van der Waals surface area contributed by atoms with Gasteiger partial charge in [0, 0.05) is 31.9 Å². The fourth-order valence-corrected chi connectivity index (χ4v) is 3.08. The number of ether oxygens (including phenoxy) is 2. The Morgan fingerprint density at radius 1 is 1.17 bits per heavy atom. The first-order valence-corrected chi connectivity index (χ1v) is 9.39. The van der Waals surface area contributed by atoms with E-state index < -0.39 is 0 Å². The quantitative estimate of drug-likeness (QED) is 0.540. The number of aromatic hydroxyl groups is 1. The molecule has 2 heterocycles. The predicted molar refractivity (Wildman–Crippen MR) is 111 cm³/mol. The molecule has 3 aromatic rings. The summed E-state index contributed by atoms with van der Waals surface area (Å²) in [6.07, 6.45) is 4.46. The molecule has 0 aliphatic carbocycles. The highest BCUT2D eigenvalue weighted by Crippen LogP contribution is 2.39. The summed E-state index contributed by atoms with van der Waals surface area (Å²) in [6.45, 7) is 1.16. The van der Waals surface area contributed by atoms with Crippen molar-refractivity contribution in [3.8, 4) is 22.8 Å². The normalized spacial score (nSPS) is 10.6. The van der Waals surface area contributed by atoms with E-state index in [2.05, 4.69) is 15.0 Å². The molecule has 3 rings (SSSR count). The molecule has 0 unspecified atom stereocenters. The average molecular weight is 395 g/mol. The molecule has 0 saturated heterocycles. The van der Waals surface area contributed by atoms with Crippen LogP contribution in [0, 0.1) is 0 Å². The summed E-state index contributed by atoms with van der Waals surface area (Å²) in [5.41, 5.74) is 2.51. The lowest BCUT2D eigenvalue weighted by Gasteiger charge is -2.08. The maximum atomic E-state index is 11.3. The van der Waals surface area contributed by atoms with Gasteiger partial charge in [-0.3, -0.25) is 4.79 Å². The third-order valence-electron chi connectivity index (χ3n) is 4.65. The molecule has 152 valence electrons. The van der Waals surface area contributed by atoms with Crippen LogP contribution in [-0.2, 0) is 22.5 Å². The monoisotopic (exact) mass is 395 g/mol. The van der Waals surface area contributed by atoms with Crippen LogP contribution in [0.15, 0.2) is 54.9 Å². The first-order chi connectivity index (χ1) is 14.1. The Bertz CT molecular complexity index is 937. The number of pyridine rings is 1. The SMILES string of the molecule is COC(=O)CCc1ccc(-c2c(OC)cn(CCNc3ccccn3)c2O)cc1. The lowest BCUT2D eigenvalue weighted by molar-refractivity contribution is -0.140. The van der Waals surface area contributed by atoms with Crippen LogP contribution in [0.2, 0.25) is 0 Å². The zero-order chi connectivity index (χ0) is 20.6. The van der Waals surface area contributed by atoms with E-state index in [0.29, 0.717) is 37.2 Å². The molecule has 0 aliphatic rings. The summed E-state index contributed by atoms with van der Waals surface area (Å²) in [5, 5.41) is 14.0. The predicted octanol–water partition coefficient (Wildman–Crippen LogP) is 3.48. The van der Waals surface area contributed by atoms with Crippen LogP contribution < -0.4 is 10.1 Å². The Labute approximate surface area is 169 Å². The highest BCUT2D eigenvalue weighted by atomic mass is 16.5. The largest absolute Gasteiger partial charge is 0.494 e. The summed E-state index contributed by atoms with van der Waals surface area (Å²) < 4.78 is 11.9. The summed E-state index contributed by atoms with van der Waals surface area (Å²) >= 11 is 0. The number of methoxy groups -OCH3 is 2. The van der Waals surface area contributed by atoms with Crippen LogP contribution in [0.5, 0.6) is 11.6 Å². The molecule has 0 bridgehead atoms. The molecule has 29 heavy (non-hydrogen) atoms. The number of hydrogen-bond donors (Lipinski definition) is 2. The molecule has 7 nitrogen and oxygen atoms in total. The molecule has 0 amide bonds. The number of aryl methyl sites for hydroxylation is 1. The fourth-order valence-electron chi connectivity index (χ4n) is 3.08. The number of nitrogens with one attached hydrogen (secondary N) is 1. The molecule has 0 aliphatic heterocycles. The van der Waals surface area contributed by atoms with E-state index in [0.717, 1.165) is 16.9 Å². The maximum Gasteiger partial charge on any atom is 0.305 e. The van der Waals surface area contributed by atoms with Crippen molar-refractivity contribution in [1.29, 1.82) is 0 Å². The molecular formula is C22H25N3O4. The Balaban J connectivity index is 1.71. The highest BCUT2D eigenvalue weighted by Gasteiger charge is 2.18. The Morgan fingerprint density at radius 3 is 2.62 bits per heavy atom. The second kappa shape index (κ2) is 9.64. The van der Waals surface area contributed by atoms with Crippen molar-refractivity contribution in [2.75, 3.05) is 26.1 Å². The van der Waals surface area contributed by atoms with E-state index in [1.807, 2.05) is 42.5 Å². The standard InChI is InChI=1S/C22H25N3O4/c1-28-18-15-25(14-13-24-19-5-3-4-12-23-19)22(27)21(18)17-9-6-16(7-10-17)8-11-20(26)29-2/h3-7,9-10,12,15,27H,8,11,13-14H2,1-2H3,(H,23,24). The van der Waals surface area contributed by atoms with Gasteiger partial charge in [-0.25, -0.2) is 4.98 Å². The van der Waals surface area contributed by atoms with Crippen molar-refractivity contribution in [2.45, 2.75) is 19.4 Å². The number of benzene rings is 1. The Kier molecular flexibility index (Phi) is 6.73. The first-order valence-electron chi connectivity index (χ1n) is 9.39. The van der Waals surface area contributed by atoms with Crippen molar-refractivity contribution in [3.05, 3.63) is 60.4 Å². The van der Waals surface area contributed by atoms with Crippen molar-refractivity contribution in [2.24, 2.45) is 0 Å². The van der Waals surface area contributed by atoms with E-state index in [1.54, 1.807) is 24.1 Å². The summed E-state index contributed by atoms with van der Waals surface area (Å²) in [6, 6.07) is 13.4. The smallest absolute Gasteiger partial charge is 0.305 e. The van der Waals surface area contributed by atoms with Crippen molar-refractivity contribution < 1.29 is 19.4 Å². The number of nitrogens with zero attached hydrogens (tertiary/aromatic N) is 2. The number of anilines is 1. The number of rotatable bonds is 9. The second-order valence-corrected chi connectivity index (χ2v) is 6.50.